The molecule has 3 heterocycles. The first-order valence-electron chi connectivity index (χ1n) is 9.10. The Labute approximate surface area is 143 Å². The van der Waals surface area contributed by atoms with Crippen molar-refractivity contribution >= 4 is 16.9 Å². The summed E-state index contributed by atoms with van der Waals surface area (Å²) in [4.78, 5) is 18.8. The number of nitrogens with one attached hydrogen (secondary N) is 1. The molecule has 2 aliphatic rings. The number of carbonyl (C=O) groups is 1. The van der Waals surface area contributed by atoms with Gasteiger partial charge in [0.25, 0.3) is 0 Å². The van der Waals surface area contributed by atoms with Gasteiger partial charge in [-0.3, -0.25) is 9.69 Å². The Morgan fingerprint density at radius 3 is 3.00 bits per heavy atom. The molecule has 0 unspecified atom stereocenters. The number of carbonyl (C=O) groups excluding carboxylic acids is 1. The molecule has 2 aromatic rings. The summed E-state index contributed by atoms with van der Waals surface area (Å²) in [5.41, 5.74) is 3.64. The summed E-state index contributed by atoms with van der Waals surface area (Å²) in [6, 6.07) is 8.86. The molecule has 4 nitrogen and oxygen atoms in total. The van der Waals surface area contributed by atoms with Gasteiger partial charge in [-0.2, -0.15) is 0 Å². The lowest BCUT2D eigenvalue weighted by molar-refractivity contribution is -0.154. The fraction of sp³-hybridized carbons (Fsp3) is 0.550. The largest absolute Gasteiger partial charge is 0.469 e. The number of hydrogen-bond acceptors (Lipinski definition) is 3. The molecule has 1 fully saturated rings. The van der Waals surface area contributed by atoms with Crippen molar-refractivity contribution in [1.29, 1.82) is 0 Å². The summed E-state index contributed by atoms with van der Waals surface area (Å²) in [6.07, 6.45) is 4.79. The van der Waals surface area contributed by atoms with E-state index in [2.05, 4.69) is 41.1 Å². The van der Waals surface area contributed by atoms with Gasteiger partial charge in [0.2, 0.25) is 0 Å². The van der Waals surface area contributed by atoms with Gasteiger partial charge in [-0.1, -0.05) is 25.1 Å². The van der Waals surface area contributed by atoms with Crippen molar-refractivity contribution < 1.29 is 9.53 Å². The van der Waals surface area contributed by atoms with Gasteiger partial charge >= 0.3 is 5.97 Å². The second-order valence-electron chi connectivity index (χ2n) is 7.30. The number of hydrogen-bond donors (Lipinski definition) is 1. The van der Waals surface area contributed by atoms with Gasteiger partial charge in [0, 0.05) is 23.1 Å². The standard InChI is InChI=1S/C20H26N2O2/c1-3-20(19(23)24-2)10-6-11-22-12-9-15-14-7-4-5-8-16(14)21-18(15)17(22)13-20/h4-5,7-8,17,21H,3,6,9-13H2,1-2H3/t17-,20-/m1/s1. The van der Waals surface area contributed by atoms with E-state index < -0.39 is 0 Å². The summed E-state index contributed by atoms with van der Waals surface area (Å²) < 4.78 is 5.20. The summed E-state index contributed by atoms with van der Waals surface area (Å²) in [7, 11) is 1.53. The molecule has 4 heteroatoms. The van der Waals surface area contributed by atoms with Crippen LogP contribution in [0.4, 0.5) is 0 Å². The summed E-state index contributed by atoms with van der Waals surface area (Å²) >= 11 is 0. The van der Waals surface area contributed by atoms with Crippen LogP contribution in [-0.2, 0) is 16.0 Å². The van der Waals surface area contributed by atoms with E-state index in [0.29, 0.717) is 6.04 Å². The summed E-state index contributed by atoms with van der Waals surface area (Å²) in [5, 5.41) is 1.34. The maximum atomic E-state index is 12.6. The molecule has 2 aliphatic heterocycles. The number of nitrogens with zero attached hydrogens (tertiary/aromatic N) is 1. The normalized spacial score (nSPS) is 27.3. The minimum Gasteiger partial charge on any atom is -0.469 e. The van der Waals surface area contributed by atoms with E-state index in [0.717, 1.165) is 45.2 Å². The third-order valence-electron chi connectivity index (χ3n) is 6.25. The summed E-state index contributed by atoms with van der Waals surface area (Å²) in [5.74, 6) is -0.0323. The Hall–Kier alpha value is -1.81. The molecular formula is C20H26N2O2. The topological polar surface area (TPSA) is 45.3 Å². The van der Waals surface area contributed by atoms with Crippen molar-refractivity contribution in [3.05, 3.63) is 35.5 Å². The number of esters is 1. The van der Waals surface area contributed by atoms with Crippen molar-refractivity contribution in [2.24, 2.45) is 5.41 Å². The second-order valence-corrected chi connectivity index (χ2v) is 7.30. The number of methoxy groups -OCH3 is 1. The molecule has 1 N–H and O–H groups in total. The number of aromatic amines is 1. The maximum absolute atomic E-state index is 12.6. The van der Waals surface area contributed by atoms with Crippen LogP contribution < -0.4 is 0 Å². The predicted octanol–water partition coefficient (Wildman–Crippen LogP) is 3.82. The van der Waals surface area contributed by atoms with Crippen molar-refractivity contribution in [1.82, 2.24) is 9.88 Å². The molecule has 24 heavy (non-hydrogen) atoms. The first kappa shape index (κ1) is 15.7. The average molecular weight is 326 g/mol. The summed E-state index contributed by atoms with van der Waals surface area (Å²) in [6.45, 7) is 4.28. The Morgan fingerprint density at radius 1 is 1.38 bits per heavy atom. The monoisotopic (exact) mass is 326 g/mol. The third kappa shape index (κ3) is 2.27. The number of para-hydroxylation sites is 1. The van der Waals surface area contributed by atoms with Gasteiger partial charge in [0.05, 0.1) is 18.6 Å². The lowest BCUT2D eigenvalue weighted by Crippen LogP contribution is -2.38. The molecule has 0 amide bonds. The van der Waals surface area contributed by atoms with E-state index in [1.54, 1.807) is 0 Å². The lowest BCUT2D eigenvalue weighted by Gasteiger charge is -2.37. The van der Waals surface area contributed by atoms with E-state index in [1.807, 2.05) is 0 Å². The van der Waals surface area contributed by atoms with Crippen LogP contribution in [0.25, 0.3) is 10.9 Å². The van der Waals surface area contributed by atoms with Crippen LogP contribution in [0.5, 0.6) is 0 Å². The highest BCUT2D eigenvalue weighted by atomic mass is 16.5. The van der Waals surface area contributed by atoms with Gasteiger partial charge in [0.15, 0.2) is 0 Å². The number of rotatable bonds is 2. The second kappa shape index (κ2) is 5.92. The molecule has 0 spiro atoms. The average Bonchev–Trinajstić information content (AvgIpc) is 2.88. The molecule has 0 radical (unpaired) electrons. The van der Waals surface area contributed by atoms with E-state index in [9.17, 15) is 4.79 Å². The first-order chi connectivity index (χ1) is 11.7. The Bertz CT molecular complexity index is 766. The number of aromatic nitrogens is 1. The van der Waals surface area contributed by atoms with Crippen LogP contribution in [0.3, 0.4) is 0 Å². The molecule has 0 aliphatic carbocycles. The smallest absolute Gasteiger partial charge is 0.311 e. The predicted molar refractivity (Wildman–Crippen MR) is 94.9 cm³/mol. The number of benzene rings is 1. The van der Waals surface area contributed by atoms with Gasteiger partial charge in [-0.25, -0.2) is 0 Å². The SMILES string of the molecule is CC[C@@]1(C(=O)OC)CCCN2CCc3c([nH]c4ccccc34)[C@H]2C1. The first-order valence-corrected chi connectivity index (χ1v) is 9.10. The van der Waals surface area contributed by atoms with Gasteiger partial charge in [-0.15, -0.1) is 0 Å². The molecule has 2 atom stereocenters. The van der Waals surface area contributed by atoms with Crippen molar-refractivity contribution in [3.8, 4) is 0 Å². The molecule has 1 saturated heterocycles. The molecule has 4 rings (SSSR count). The highest BCUT2D eigenvalue weighted by Crippen LogP contribution is 2.47. The quantitative estimate of drug-likeness (QED) is 0.853. The zero-order valence-corrected chi connectivity index (χ0v) is 14.6. The van der Waals surface area contributed by atoms with E-state index in [-0.39, 0.29) is 11.4 Å². The van der Waals surface area contributed by atoms with Gasteiger partial charge in [-0.05, 0) is 50.3 Å². The van der Waals surface area contributed by atoms with Crippen LogP contribution in [0.2, 0.25) is 0 Å². The zero-order chi connectivity index (χ0) is 16.7. The van der Waals surface area contributed by atoms with Crippen LogP contribution in [0, 0.1) is 5.41 Å². The van der Waals surface area contributed by atoms with Crippen molar-refractivity contribution in [2.75, 3.05) is 20.2 Å². The van der Waals surface area contributed by atoms with Gasteiger partial charge in [0.1, 0.15) is 0 Å². The van der Waals surface area contributed by atoms with E-state index in [4.69, 9.17) is 4.74 Å². The van der Waals surface area contributed by atoms with Crippen molar-refractivity contribution in [2.45, 2.75) is 45.1 Å². The van der Waals surface area contributed by atoms with Crippen LogP contribution in [0.15, 0.2) is 24.3 Å². The molecule has 0 bridgehead atoms. The molecule has 1 aromatic carbocycles. The fourth-order valence-electron chi connectivity index (χ4n) is 4.83. The van der Waals surface area contributed by atoms with E-state index >= 15 is 0 Å². The Balaban J connectivity index is 1.79. The number of H-pyrrole nitrogens is 1. The molecular weight excluding hydrogens is 300 g/mol. The fourth-order valence-corrected chi connectivity index (χ4v) is 4.83. The molecule has 128 valence electrons. The van der Waals surface area contributed by atoms with E-state index in [1.165, 1.54) is 29.3 Å². The minimum atomic E-state index is -0.347. The Kier molecular flexibility index (Phi) is 3.87. The Morgan fingerprint density at radius 2 is 2.21 bits per heavy atom. The highest BCUT2D eigenvalue weighted by Gasteiger charge is 2.45. The third-order valence-corrected chi connectivity index (χ3v) is 6.25. The highest BCUT2D eigenvalue weighted by molar-refractivity contribution is 5.85. The maximum Gasteiger partial charge on any atom is 0.311 e. The van der Waals surface area contributed by atoms with Crippen LogP contribution in [-0.4, -0.2) is 36.1 Å². The lowest BCUT2D eigenvalue weighted by atomic mass is 9.75. The number of fused-ring (bicyclic) bond motifs is 5. The van der Waals surface area contributed by atoms with Gasteiger partial charge < -0.3 is 9.72 Å². The van der Waals surface area contributed by atoms with Crippen LogP contribution >= 0.6 is 0 Å². The number of ether oxygens (including phenoxy) is 1. The van der Waals surface area contributed by atoms with Crippen molar-refractivity contribution in [3.63, 3.8) is 0 Å². The molecule has 1 aromatic heterocycles. The zero-order valence-electron chi connectivity index (χ0n) is 14.6. The minimum absolute atomic E-state index is 0.0323. The molecule has 0 saturated carbocycles. The van der Waals surface area contributed by atoms with Crippen LogP contribution in [0.1, 0.15) is 49.9 Å².